The first-order valence-corrected chi connectivity index (χ1v) is 7.96. The van der Waals surface area contributed by atoms with Gasteiger partial charge in [-0.25, -0.2) is 0 Å². The molecule has 1 rings (SSSR count). The maximum absolute atomic E-state index is 5.63. The van der Waals surface area contributed by atoms with Gasteiger partial charge in [0.25, 0.3) is 0 Å². The number of thiophene rings is 1. The summed E-state index contributed by atoms with van der Waals surface area (Å²) in [5.41, 5.74) is 0. The second-order valence-electron chi connectivity index (χ2n) is 5.11. The third-order valence-electron chi connectivity index (χ3n) is 2.94. The molecule has 104 valence electrons. The van der Waals surface area contributed by atoms with Crippen LogP contribution in [0.1, 0.15) is 51.0 Å². The molecular formula is C15H27NOS. The topological polar surface area (TPSA) is 21.3 Å². The Balaban J connectivity index is 2.15. The summed E-state index contributed by atoms with van der Waals surface area (Å²) in [5, 5.41) is 5.75. The van der Waals surface area contributed by atoms with Crippen LogP contribution in [0.3, 0.4) is 0 Å². The lowest BCUT2D eigenvalue weighted by Gasteiger charge is -2.16. The Kier molecular flexibility index (Phi) is 8.31. The second kappa shape index (κ2) is 9.54. The summed E-state index contributed by atoms with van der Waals surface area (Å²) in [7, 11) is 0. The van der Waals surface area contributed by atoms with Crippen LogP contribution in [0.2, 0.25) is 0 Å². The van der Waals surface area contributed by atoms with E-state index >= 15 is 0 Å². The van der Waals surface area contributed by atoms with E-state index in [9.17, 15) is 0 Å². The molecule has 0 amide bonds. The number of rotatable bonds is 10. The van der Waals surface area contributed by atoms with Gasteiger partial charge in [0.1, 0.15) is 0 Å². The van der Waals surface area contributed by atoms with E-state index in [2.05, 4.69) is 43.6 Å². The first kappa shape index (κ1) is 15.7. The Morgan fingerprint density at radius 1 is 1.28 bits per heavy atom. The Bertz CT molecular complexity index is 285. The van der Waals surface area contributed by atoms with Crippen molar-refractivity contribution in [1.29, 1.82) is 0 Å². The zero-order valence-electron chi connectivity index (χ0n) is 11.9. The minimum atomic E-state index is 0.503. The van der Waals surface area contributed by atoms with Crippen LogP contribution in [0.5, 0.6) is 0 Å². The molecule has 1 unspecified atom stereocenters. The van der Waals surface area contributed by atoms with E-state index in [1.54, 1.807) is 0 Å². The highest BCUT2D eigenvalue weighted by atomic mass is 32.1. The van der Waals surface area contributed by atoms with Gasteiger partial charge < -0.3 is 10.1 Å². The minimum Gasteiger partial charge on any atom is -0.380 e. The number of hydrogen-bond donors (Lipinski definition) is 1. The summed E-state index contributed by atoms with van der Waals surface area (Å²) in [4.78, 5) is 1.44. The number of hydrogen-bond acceptors (Lipinski definition) is 3. The molecular weight excluding hydrogens is 242 g/mol. The van der Waals surface area contributed by atoms with Gasteiger partial charge in [-0.2, -0.15) is 0 Å². The molecule has 0 radical (unpaired) electrons. The molecule has 0 saturated carbocycles. The zero-order chi connectivity index (χ0) is 13.2. The highest BCUT2D eigenvalue weighted by molar-refractivity contribution is 7.10. The van der Waals surface area contributed by atoms with Crippen LogP contribution in [0.15, 0.2) is 17.5 Å². The Morgan fingerprint density at radius 2 is 2.11 bits per heavy atom. The van der Waals surface area contributed by atoms with Crippen LogP contribution in [0.25, 0.3) is 0 Å². The van der Waals surface area contributed by atoms with Crippen molar-refractivity contribution >= 4 is 11.3 Å². The zero-order valence-corrected chi connectivity index (χ0v) is 12.8. The summed E-state index contributed by atoms with van der Waals surface area (Å²) in [6, 6.07) is 4.85. The lowest BCUT2D eigenvalue weighted by molar-refractivity contribution is 0.123. The van der Waals surface area contributed by atoms with Crippen molar-refractivity contribution in [2.24, 2.45) is 5.92 Å². The summed E-state index contributed by atoms with van der Waals surface area (Å²) < 4.78 is 5.63. The Labute approximate surface area is 116 Å². The van der Waals surface area contributed by atoms with Crippen molar-refractivity contribution in [3.63, 3.8) is 0 Å². The molecule has 0 spiro atoms. The van der Waals surface area contributed by atoms with Crippen molar-refractivity contribution in [3.8, 4) is 0 Å². The molecule has 0 aliphatic rings. The first-order valence-electron chi connectivity index (χ1n) is 7.08. The van der Waals surface area contributed by atoms with Gasteiger partial charge in [-0.05, 0) is 30.2 Å². The average Bonchev–Trinajstić information content (AvgIpc) is 2.85. The third kappa shape index (κ3) is 6.53. The summed E-state index contributed by atoms with van der Waals surface area (Å²) in [6.45, 7) is 9.35. The molecule has 0 saturated heterocycles. The largest absolute Gasteiger partial charge is 0.380 e. The van der Waals surface area contributed by atoms with Gasteiger partial charge in [0, 0.05) is 24.1 Å². The standard InChI is InChI=1S/C15H27NOS/c1-4-6-14(15-7-5-12-18-15)16-9-11-17-10-8-13(2)3/h5,7,12-14,16H,4,6,8-11H2,1-3H3. The van der Waals surface area contributed by atoms with Crippen LogP contribution in [-0.4, -0.2) is 19.8 Å². The monoisotopic (exact) mass is 269 g/mol. The summed E-state index contributed by atoms with van der Waals surface area (Å²) in [6.07, 6.45) is 3.57. The number of nitrogens with one attached hydrogen (secondary N) is 1. The predicted octanol–water partition coefficient (Wildman–Crippen LogP) is 4.24. The molecule has 0 aliphatic heterocycles. The Morgan fingerprint density at radius 3 is 2.72 bits per heavy atom. The van der Waals surface area contributed by atoms with E-state index in [1.807, 2.05) is 11.3 Å². The van der Waals surface area contributed by atoms with E-state index in [0.29, 0.717) is 6.04 Å². The van der Waals surface area contributed by atoms with E-state index in [4.69, 9.17) is 4.74 Å². The van der Waals surface area contributed by atoms with Gasteiger partial charge >= 0.3 is 0 Å². The van der Waals surface area contributed by atoms with Crippen molar-refractivity contribution < 1.29 is 4.74 Å². The molecule has 0 fully saturated rings. The molecule has 18 heavy (non-hydrogen) atoms. The summed E-state index contributed by atoms with van der Waals surface area (Å²) in [5.74, 6) is 0.733. The van der Waals surface area contributed by atoms with Gasteiger partial charge in [0.05, 0.1) is 6.61 Å². The van der Waals surface area contributed by atoms with Gasteiger partial charge in [0.15, 0.2) is 0 Å². The molecule has 1 aromatic heterocycles. The predicted molar refractivity (Wildman–Crippen MR) is 80.2 cm³/mol. The molecule has 3 heteroatoms. The molecule has 1 heterocycles. The smallest absolute Gasteiger partial charge is 0.0591 e. The number of ether oxygens (including phenoxy) is 1. The minimum absolute atomic E-state index is 0.503. The van der Waals surface area contributed by atoms with Crippen molar-refractivity contribution in [1.82, 2.24) is 5.32 Å². The SMILES string of the molecule is CCCC(NCCOCCC(C)C)c1cccs1. The van der Waals surface area contributed by atoms with Gasteiger partial charge in [0.2, 0.25) is 0 Å². The lowest BCUT2D eigenvalue weighted by atomic mass is 10.1. The molecule has 1 atom stereocenters. The normalized spacial score (nSPS) is 13.1. The van der Waals surface area contributed by atoms with E-state index in [1.165, 1.54) is 17.7 Å². The van der Waals surface area contributed by atoms with E-state index in [-0.39, 0.29) is 0 Å². The fraction of sp³-hybridized carbons (Fsp3) is 0.733. The van der Waals surface area contributed by atoms with Gasteiger partial charge in [-0.15, -0.1) is 11.3 Å². The fourth-order valence-electron chi connectivity index (χ4n) is 1.85. The highest BCUT2D eigenvalue weighted by Crippen LogP contribution is 2.22. The van der Waals surface area contributed by atoms with Gasteiger partial charge in [-0.1, -0.05) is 33.3 Å². The van der Waals surface area contributed by atoms with Crippen molar-refractivity contribution in [3.05, 3.63) is 22.4 Å². The van der Waals surface area contributed by atoms with E-state index in [0.717, 1.165) is 32.1 Å². The quantitative estimate of drug-likeness (QED) is 0.641. The van der Waals surface area contributed by atoms with E-state index < -0.39 is 0 Å². The van der Waals surface area contributed by atoms with Crippen LogP contribution in [-0.2, 0) is 4.74 Å². The molecule has 0 aliphatic carbocycles. The Hall–Kier alpha value is -0.380. The van der Waals surface area contributed by atoms with Crippen LogP contribution < -0.4 is 5.32 Å². The average molecular weight is 269 g/mol. The molecule has 0 bridgehead atoms. The lowest BCUT2D eigenvalue weighted by Crippen LogP contribution is -2.25. The van der Waals surface area contributed by atoms with Crippen LogP contribution in [0, 0.1) is 5.92 Å². The van der Waals surface area contributed by atoms with Crippen molar-refractivity contribution in [2.45, 2.75) is 46.1 Å². The summed E-state index contributed by atoms with van der Waals surface area (Å²) >= 11 is 1.84. The molecule has 1 aromatic rings. The van der Waals surface area contributed by atoms with Crippen LogP contribution >= 0.6 is 11.3 Å². The van der Waals surface area contributed by atoms with Crippen LogP contribution in [0.4, 0.5) is 0 Å². The second-order valence-corrected chi connectivity index (χ2v) is 6.08. The first-order chi connectivity index (χ1) is 8.74. The maximum Gasteiger partial charge on any atom is 0.0591 e. The molecule has 1 N–H and O–H groups in total. The van der Waals surface area contributed by atoms with Crippen molar-refractivity contribution in [2.75, 3.05) is 19.8 Å². The maximum atomic E-state index is 5.63. The highest BCUT2D eigenvalue weighted by Gasteiger charge is 2.10. The fourth-order valence-corrected chi connectivity index (χ4v) is 2.69. The van der Waals surface area contributed by atoms with Gasteiger partial charge in [-0.3, -0.25) is 0 Å². The molecule has 2 nitrogen and oxygen atoms in total. The molecule has 0 aromatic carbocycles. The third-order valence-corrected chi connectivity index (χ3v) is 3.93.